The Hall–Kier alpha value is -1.22. The molecular formula is C24H38Cl2IN5O5. The molecule has 1 aliphatic rings. The van der Waals surface area contributed by atoms with Crippen molar-refractivity contribution in [3.05, 3.63) is 28.2 Å². The fourth-order valence-corrected chi connectivity index (χ4v) is 3.53. The van der Waals surface area contributed by atoms with Gasteiger partial charge in [0.15, 0.2) is 0 Å². The van der Waals surface area contributed by atoms with E-state index in [-0.39, 0.29) is 30.8 Å². The van der Waals surface area contributed by atoms with Crippen LogP contribution >= 0.6 is 46.1 Å². The molecule has 0 aliphatic carbocycles. The average Bonchev–Trinajstić information content (AvgIpc) is 3.25. The van der Waals surface area contributed by atoms with E-state index in [0.717, 1.165) is 12.2 Å². The highest BCUT2D eigenvalue weighted by Gasteiger charge is 2.25. The van der Waals surface area contributed by atoms with Gasteiger partial charge in [0.1, 0.15) is 12.4 Å². The lowest BCUT2D eigenvalue weighted by Gasteiger charge is -2.14. The van der Waals surface area contributed by atoms with E-state index in [1.54, 1.807) is 17.1 Å². The molecule has 0 aromatic heterocycles. The van der Waals surface area contributed by atoms with Crippen molar-refractivity contribution < 1.29 is 23.8 Å². The van der Waals surface area contributed by atoms with E-state index in [2.05, 4.69) is 42.1 Å². The van der Waals surface area contributed by atoms with Crippen LogP contribution in [0.1, 0.15) is 33.6 Å². The summed E-state index contributed by atoms with van der Waals surface area (Å²) in [7, 11) is 0. The van der Waals surface area contributed by atoms with E-state index in [9.17, 15) is 9.59 Å². The van der Waals surface area contributed by atoms with Gasteiger partial charge in [-0.1, -0.05) is 44.0 Å². The van der Waals surface area contributed by atoms with Crippen LogP contribution in [0, 0.1) is 5.92 Å². The summed E-state index contributed by atoms with van der Waals surface area (Å²) in [6.07, 6.45) is 0.773. The van der Waals surface area contributed by atoms with Crippen molar-refractivity contribution in [3.63, 3.8) is 0 Å². The first-order valence-electron chi connectivity index (χ1n) is 12.3. The number of anilines is 1. The number of nitrogens with zero attached hydrogens (tertiary/aromatic N) is 2. The number of benzene rings is 1. The lowest BCUT2D eigenvalue weighted by atomic mass is 10.1. The smallest absolute Gasteiger partial charge is 0.245 e. The quantitative estimate of drug-likeness (QED) is 0.139. The number of hydrazone groups is 1. The average molecular weight is 674 g/mol. The topological polar surface area (TPSA) is 114 Å². The Kier molecular flexibility index (Phi) is 18.9. The highest BCUT2D eigenvalue weighted by atomic mass is 127. The molecule has 13 heteroatoms. The minimum Gasteiger partial charge on any atom is -0.378 e. The van der Waals surface area contributed by atoms with Gasteiger partial charge in [0.25, 0.3) is 0 Å². The van der Waals surface area contributed by atoms with Gasteiger partial charge in [0.2, 0.25) is 11.8 Å². The fraction of sp³-hybridized carbons (Fsp3) is 0.625. The third-order valence-corrected chi connectivity index (χ3v) is 6.11. The molecule has 0 saturated carbocycles. The van der Waals surface area contributed by atoms with Crippen LogP contribution in [0.4, 0.5) is 5.69 Å². The van der Waals surface area contributed by atoms with Crippen molar-refractivity contribution in [2.45, 2.75) is 33.6 Å². The molecule has 0 spiro atoms. The lowest BCUT2D eigenvalue weighted by Crippen LogP contribution is -2.34. The van der Waals surface area contributed by atoms with Gasteiger partial charge in [-0.2, -0.15) is 5.10 Å². The third-order valence-electron chi connectivity index (χ3n) is 4.83. The number of halogens is 3. The summed E-state index contributed by atoms with van der Waals surface area (Å²) in [5.74, 6) is 0.277. The highest BCUT2D eigenvalue weighted by Crippen LogP contribution is 2.29. The fourth-order valence-electron chi connectivity index (χ4n) is 3.02. The largest absolute Gasteiger partial charge is 0.378 e. The van der Waals surface area contributed by atoms with Gasteiger partial charge >= 0.3 is 0 Å². The normalized spacial score (nSPS) is 14.6. The zero-order chi connectivity index (χ0) is 27.5. The summed E-state index contributed by atoms with van der Waals surface area (Å²) in [6.45, 7) is 10.1. The van der Waals surface area contributed by atoms with Crippen LogP contribution in [0.25, 0.3) is 0 Å². The Bertz CT molecular complexity index is 850. The van der Waals surface area contributed by atoms with E-state index in [1.807, 2.05) is 26.8 Å². The molecule has 1 aliphatic heterocycles. The number of rotatable bonds is 16. The van der Waals surface area contributed by atoms with Crippen LogP contribution in [-0.2, 0) is 23.8 Å². The van der Waals surface area contributed by atoms with Crippen LogP contribution in [0.3, 0.4) is 0 Å². The molecule has 0 fully saturated rings. The van der Waals surface area contributed by atoms with Crippen LogP contribution < -0.4 is 19.2 Å². The molecule has 0 radical (unpaired) electrons. The van der Waals surface area contributed by atoms with Crippen molar-refractivity contribution in [3.8, 4) is 0 Å². The van der Waals surface area contributed by atoms with Crippen LogP contribution in [-0.4, -0.2) is 76.9 Å². The predicted octanol–water partition coefficient (Wildman–Crippen LogP) is 3.79. The lowest BCUT2D eigenvalue weighted by molar-refractivity contribution is -0.126. The van der Waals surface area contributed by atoms with Gasteiger partial charge in [0, 0.05) is 48.3 Å². The number of amides is 2. The minimum atomic E-state index is -0.230. The number of nitrogens with one attached hydrogen (secondary N) is 3. The van der Waals surface area contributed by atoms with Gasteiger partial charge in [-0.15, -0.1) is 0 Å². The summed E-state index contributed by atoms with van der Waals surface area (Å²) < 4.78 is 18.9. The van der Waals surface area contributed by atoms with Crippen LogP contribution in [0.2, 0.25) is 10.0 Å². The second-order valence-corrected chi connectivity index (χ2v) is 9.31. The molecule has 1 aromatic carbocycles. The van der Waals surface area contributed by atoms with E-state index < -0.39 is 0 Å². The molecule has 1 aromatic rings. The molecule has 1 atom stereocenters. The molecule has 2 rings (SSSR count). The van der Waals surface area contributed by atoms with Crippen molar-refractivity contribution in [1.29, 1.82) is 0 Å². The maximum absolute atomic E-state index is 12.3. The number of amidine groups is 1. The molecule has 0 saturated heterocycles. The number of hydrogen-bond acceptors (Lipinski definition) is 8. The summed E-state index contributed by atoms with van der Waals surface area (Å²) in [6, 6.07) is 5.29. The second kappa shape index (κ2) is 20.7. The van der Waals surface area contributed by atoms with Gasteiger partial charge in [-0.25, -0.2) is 0 Å². The third kappa shape index (κ3) is 14.5. The molecule has 10 nitrogen and oxygen atoms in total. The van der Waals surface area contributed by atoms with Crippen LogP contribution in [0.5, 0.6) is 0 Å². The molecule has 210 valence electrons. The van der Waals surface area contributed by atoms with Gasteiger partial charge in [-0.05, 0) is 24.6 Å². The Morgan fingerprint density at radius 3 is 2.38 bits per heavy atom. The number of carbonyl (C=O) groups is 2. The van der Waals surface area contributed by atoms with E-state index in [1.165, 1.54) is 0 Å². The van der Waals surface area contributed by atoms with Gasteiger partial charge in [-0.3, -0.25) is 18.1 Å². The van der Waals surface area contributed by atoms with Crippen molar-refractivity contribution in [1.82, 2.24) is 14.2 Å². The monoisotopic (exact) mass is 673 g/mol. The Balaban J connectivity index is 0.00000334. The van der Waals surface area contributed by atoms with Crippen molar-refractivity contribution >= 4 is 69.4 Å². The van der Waals surface area contributed by atoms with E-state index in [4.69, 9.17) is 37.4 Å². The zero-order valence-electron chi connectivity index (χ0n) is 21.7. The molecule has 37 heavy (non-hydrogen) atoms. The van der Waals surface area contributed by atoms with Crippen LogP contribution in [0.15, 0.2) is 23.3 Å². The number of carbonyl (C=O) groups excluding carboxylic acids is 2. The molecule has 3 N–H and O–H groups in total. The predicted molar refractivity (Wildman–Crippen MR) is 157 cm³/mol. The zero-order valence-corrected chi connectivity index (χ0v) is 25.3. The molecule has 2 amide bonds. The minimum absolute atomic E-state index is 0.0493. The maximum atomic E-state index is 12.3. The molecule has 1 unspecified atom stereocenters. The summed E-state index contributed by atoms with van der Waals surface area (Å²) >= 11 is 14.1. The second-order valence-electron chi connectivity index (χ2n) is 7.73. The molecule has 1 heterocycles. The SMILES string of the molecule is CC.CC1CN(c2ccc(Cl)c(Cl)c2)N=C1NC(=O)CCCNC(=O)COCCOCCOCCNI. The maximum Gasteiger partial charge on any atom is 0.245 e. The summed E-state index contributed by atoms with van der Waals surface area (Å²) in [5, 5.41) is 12.8. The highest BCUT2D eigenvalue weighted by molar-refractivity contribution is 14.1. The molecular weight excluding hydrogens is 636 g/mol. The first-order valence-corrected chi connectivity index (χ1v) is 14.2. The Morgan fingerprint density at radius 1 is 1.03 bits per heavy atom. The van der Waals surface area contributed by atoms with Gasteiger partial charge in [0.05, 0.1) is 55.3 Å². The standard InChI is InChI=1S/C22H32Cl2IN5O5.C2H6/c1-16-14-30(17-4-5-18(23)19(24)13-17)29-22(16)28-20(31)3-2-6-26-21(32)15-35-12-11-34-10-9-33-8-7-27-25;1-2/h4-5,13,16,27H,2-3,6-12,14-15H2,1H3,(H,26,32)(H,28,29,31);1-2H3. The van der Waals surface area contributed by atoms with E-state index >= 15 is 0 Å². The van der Waals surface area contributed by atoms with E-state index in [0.29, 0.717) is 68.4 Å². The molecule has 0 bridgehead atoms. The number of hydrogen-bond donors (Lipinski definition) is 3. The Labute approximate surface area is 243 Å². The van der Waals surface area contributed by atoms with Crippen molar-refractivity contribution in [2.75, 3.05) is 64.3 Å². The summed E-state index contributed by atoms with van der Waals surface area (Å²) in [5.41, 5.74) is 0.806. The van der Waals surface area contributed by atoms with Crippen molar-refractivity contribution in [2.24, 2.45) is 11.0 Å². The van der Waals surface area contributed by atoms with Gasteiger partial charge < -0.3 is 24.8 Å². The Morgan fingerprint density at radius 2 is 1.70 bits per heavy atom. The first kappa shape index (κ1) is 33.8. The summed E-state index contributed by atoms with van der Waals surface area (Å²) in [4.78, 5) is 24.1. The number of ether oxygens (including phenoxy) is 3. The first-order chi connectivity index (χ1) is 17.9.